The third kappa shape index (κ3) is 8.21. The molecule has 0 saturated carbocycles. The van der Waals surface area contributed by atoms with E-state index in [1.165, 1.54) is 6.42 Å². The first-order valence-corrected chi connectivity index (χ1v) is 8.87. The van der Waals surface area contributed by atoms with Gasteiger partial charge in [-0.05, 0) is 25.7 Å². The Morgan fingerprint density at radius 2 is 1.78 bits per heavy atom. The molecule has 23 heavy (non-hydrogen) atoms. The minimum absolute atomic E-state index is 0.183. The van der Waals surface area contributed by atoms with E-state index in [9.17, 15) is 4.79 Å². The van der Waals surface area contributed by atoms with Crippen molar-refractivity contribution in [1.29, 1.82) is 0 Å². The highest BCUT2D eigenvalue weighted by Crippen LogP contribution is 2.06. The zero-order chi connectivity index (χ0) is 17.2. The number of hydrogen-bond acceptors (Lipinski definition) is 3. The maximum atomic E-state index is 11.3. The molecule has 0 spiro atoms. The van der Waals surface area contributed by atoms with Crippen molar-refractivity contribution in [3.63, 3.8) is 0 Å². The van der Waals surface area contributed by atoms with Gasteiger partial charge in [-0.2, -0.15) is 0 Å². The van der Waals surface area contributed by atoms with Gasteiger partial charge in [0.25, 0.3) is 0 Å². The van der Waals surface area contributed by atoms with Crippen LogP contribution in [0.15, 0.2) is 4.99 Å². The lowest BCUT2D eigenvalue weighted by Gasteiger charge is -2.34. The highest BCUT2D eigenvalue weighted by atomic mass is 16.2. The standard InChI is InChI=1S/C17H35N5O/c1-14(2)6-7-15(3)20-17(18-5)19-8-9-21-10-12-22(13-11-21)16(4)23/h14-15H,6-13H2,1-5H3,(H2,18,19,20). The Kier molecular flexibility index (Phi) is 8.99. The zero-order valence-electron chi connectivity index (χ0n) is 15.6. The van der Waals surface area contributed by atoms with Crippen molar-refractivity contribution in [2.24, 2.45) is 10.9 Å². The smallest absolute Gasteiger partial charge is 0.219 e. The van der Waals surface area contributed by atoms with E-state index in [1.807, 2.05) is 11.9 Å². The van der Waals surface area contributed by atoms with E-state index < -0.39 is 0 Å². The van der Waals surface area contributed by atoms with Crippen LogP contribution in [0.3, 0.4) is 0 Å². The SMILES string of the molecule is CN=C(NCCN1CCN(C(C)=O)CC1)NC(C)CCC(C)C. The summed E-state index contributed by atoms with van der Waals surface area (Å²) in [5.74, 6) is 1.80. The average molecular weight is 326 g/mol. The first-order valence-electron chi connectivity index (χ1n) is 8.87. The molecule has 0 aromatic rings. The van der Waals surface area contributed by atoms with E-state index >= 15 is 0 Å². The Morgan fingerprint density at radius 1 is 1.13 bits per heavy atom. The number of nitrogens with one attached hydrogen (secondary N) is 2. The summed E-state index contributed by atoms with van der Waals surface area (Å²) in [5, 5.41) is 6.84. The van der Waals surface area contributed by atoms with Crippen LogP contribution in [0, 0.1) is 5.92 Å². The number of piperazine rings is 1. The van der Waals surface area contributed by atoms with E-state index in [0.29, 0.717) is 6.04 Å². The van der Waals surface area contributed by atoms with E-state index in [2.05, 4.69) is 41.3 Å². The molecule has 1 saturated heterocycles. The molecular formula is C17H35N5O. The highest BCUT2D eigenvalue weighted by molar-refractivity contribution is 5.79. The molecule has 2 N–H and O–H groups in total. The fourth-order valence-electron chi connectivity index (χ4n) is 2.70. The van der Waals surface area contributed by atoms with Crippen molar-refractivity contribution in [2.45, 2.75) is 46.6 Å². The van der Waals surface area contributed by atoms with E-state index in [4.69, 9.17) is 0 Å². The number of rotatable bonds is 7. The monoisotopic (exact) mass is 325 g/mol. The van der Waals surface area contributed by atoms with Crippen molar-refractivity contribution in [3.05, 3.63) is 0 Å². The minimum atomic E-state index is 0.183. The maximum absolute atomic E-state index is 11.3. The molecule has 1 rings (SSSR count). The molecule has 6 heteroatoms. The second kappa shape index (κ2) is 10.5. The van der Waals surface area contributed by atoms with Crippen LogP contribution in [0.5, 0.6) is 0 Å². The first kappa shape index (κ1) is 19.7. The third-order valence-corrected chi connectivity index (χ3v) is 4.32. The summed E-state index contributed by atoms with van der Waals surface area (Å²) >= 11 is 0. The van der Waals surface area contributed by atoms with Crippen LogP contribution in [-0.4, -0.2) is 74.0 Å². The first-order chi connectivity index (χ1) is 10.9. The molecule has 0 radical (unpaired) electrons. The van der Waals surface area contributed by atoms with Crippen molar-refractivity contribution < 1.29 is 4.79 Å². The topological polar surface area (TPSA) is 60.0 Å². The maximum Gasteiger partial charge on any atom is 0.219 e. The van der Waals surface area contributed by atoms with Gasteiger partial charge in [0.2, 0.25) is 5.91 Å². The van der Waals surface area contributed by atoms with Gasteiger partial charge in [-0.25, -0.2) is 0 Å². The van der Waals surface area contributed by atoms with Crippen molar-refractivity contribution in [2.75, 3.05) is 46.3 Å². The molecule has 1 unspecified atom stereocenters. The summed E-state index contributed by atoms with van der Waals surface area (Å²) in [6, 6.07) is 0.433. The van der Waals surface area contributed by atoms with Crippen LogP contribution in [0.4, 0.5) is 0 Å². The predicted octanol–water partition coefficient (Wildman–Crippen LogP) is 1.14. The lowest BCUT2D eigenvalue weighted by Crippen LogP contribution is -2.50. The molecule has 1 atom stereocenters. The molecule has 1 fully saturated rings. The fourth-order valence-corrected chi connectivity index (χ4v) is 2.70. The van der Waals surface area contributed by atoms with Gasteiger partial charge in [-0.3, -0.25) is 14.7 Å². The Bertz CT molecular complexity index is 375. The molecule has 0 aliphatic carbocycles. The molecular weight excluding hydrogens is 290 g/mol. The number of guanidine groups is 1. The predicted molar refractivity (Wildman–Crippen MR) is 96.7 cm³/mol. The molecule has 0 aromatic heterocycles. The van der Waals surface area contributed by atoms with E-state index in [0.717, 1.165) is 57.6 Å². The molecule has 1 heterocycles. The normalized spacial score (nSPS) is 18.2. The number of amides is 1. The number of hydrogen-bond donors (Lipinski definition) is 2. The Labute approximate surface area is 141 Å². The lowest BCUT2D eigenvalue weighted by atomic mass is 10.0. The third-order valence-electron chi connectivity index (χ3n) is 4.32. The number of nitrogens with zero attached hydrogens (tertiary/aromatic N) is 3. The highest BCUT2D eigenvalue weighted by Gasteiger charge is 2.18. The fraction of sp³-hybridized carbons (Fsp3) is 0.882. The molecule has 1 aliphatic heterocycles. The summed E-state index contributed by atoms with van der Waals surface area (Å²) in [5.41, 5.74) is 0. The van der Waals surface area contributed by atoms with Gasteiger partial charge in [-0.15, -0.1) is 0 Å². The van der Waals surface area contributed by atoms with Crippen molar-refractivity contribution in [1.82, 2.24) is 20.4 Å². The van der Waals surface area contributed by atoms with Gasteiger partial charge in [0, 0.05) is 59.3 Å². The zero-order valence-corrected chi connectivity index (χ0v) is 15.6. The molecule has 1 amide bonds. The summed E-state index contributed by atoms with van der Waals surface area (Å²) < 4.78 is 0. The van der Waals surface area contributed by atoms with Crippen molar-refractivity contribution >= 4 is 11.9 Å². The molecule has 1 aliphatic rings. The van der Waals surface area contributed by atoms with Gasteiger partial charge in [0.1, 0.15) is 0 Å². The summed E-state index contributed by atoms with van der Waals surface area (Å²) in [6.07, 6.45) is 2.39. The number of carbonyl (C=O) groups is 1. The largest absolute Gasteiger partial charge is 0.355 e. The Morgan fingerprint density at radius 3 is 2.30 bits per heavy atom. The summed E-state index contributed by atoms with van der Waals surface area (Å²) in [6.45, 7) is 13.8. The van der Waals surface area contributed by atoms with Crippen LogP contribution < -0.4 is 10.6 Å². The molecule has 134 valence electrons. The lowest BCUT2D eigenvalue weighted by molar-refractivity contribution is -0.130. The van der Waals surface area contributed by atoms with E-state index in [-0.39, 0.29) is 5.91 Å². The Hall–Kier alpha value is -1.30. The van der Waals surface area contributed by atoms with Crippen LogP contribution in [0.25, 0.3) is 0 Å². The van der Waals surface area contributed by atoms with Gasteiger partial charge in [0.05, 0.1) is 0 Å². The number of aliphatic imine (C=N–C) groups is 1. The van der Waals surface area contributed by atoms with Gasteiger partial charge < -0.3 is 15.5 Å². The second-order valence-electron chi connectivity index (χ2n) is 6.86. The molecule has 0 aromatic carbocycles. The molecule has 0 bridgehead atoms. The minimum Gasteiger partial charge on any atom is -0.355 e. The van der Waals surface area contributed by atoms with E-state index in [1.54, 1.807) is 6.92 Å². The average Bonchev–Trinajstić information content (AvgIpc) is 2.52. The number of carbonyl (C=O) groups excluding carboxylic acids is 1. The van der Waals surface area contributed by atoms with Gasteiger partial charge in [-0.1, -0.05) is 13.8 Å². The second-order valence-corrected chi connectivity index (χ2v) is 6.86. The Balaban J connectivity index is 2.19. The van der Waals surface area contributed by atoms with Gasteiger partial charge in [0.15, 0.2) is 5.96 Å². The van der Waals surface area contributed by atoms with Gasteiger partial charge >= 0.3 is 0 Å². The van der Waals surface area contributed by atoms with Crippen LogP contribution in [-0.2, 0) is 4.79 Å². The summed E-state index contributed by atoms with van der Waals surface area (Å²) in [4.78, 5) is 19.9. The van der Waals surface area contributed by atoms with Crippen LogP contribution in [0.1, 0.15) is 40.5 Å². The van der Waals surface area contributed by atoms with Crippen LogP contribution in [0.2, 0.25) is 0 Å². The molecule has 6 nitrogen and oxygen atoms in total. The van der Waals surface area contributed by atoms with Crippen molar-refractivity contribution in [3.8, 4) is 0 Å². The van der Waals surface area contributed by atoms with Crippen LogP contribution >= 0.6 is 0 Å². The quantitative estimate of drug-likeness (QED) is 0.544. The summed E-state index contributed by atoms with van der Waals surface area (Å²) in [7, 11) is 1.82.